The van der Waals surface area contributed by atoms with E-state index in [0.29, 0.717) is 12.5 Å². The number of benzene rings is 2. The van der Waals surface area contributed by atoms with Gasteiger partial charge in [0.05, 0.1) is 7.11 Å². The van der Waals surface area contributed by atoms with Crippen LogP contribution in [0.2, 0.25) is 0 Å². The first-order valence-corrected chi connectivity index (χ1v) is 8.98. The zero-order valence-electron chi connectivity index (χ0n) is 15.2. The van der Waals surface area contributed by atoms with Crippen molar-refractivity contribution in [3.63, 3.8) is 0 Å². The van der Waals surface area contributed by atoms with Crippen molar-refractivity contribution in [1.82, 2.24) is 0 Å². The summed E-state index contributed by atoms with van der Waals surface area (Å²) in [5.74, 6) is 2.23. The highest BCUT2D eigenvalue weighted by molar-refractivity contribution is 7.79. The Balaban J connectivity index is 1.88. The van der Waals surface area contributed by atoms with E-state index in [9.17, 15) is 0 Å². The molecule has 0 spiro atoms. The average Bonchev–Trinajstić information content (AvgIpc) is 3.42. The fourth-order valence-corrected chi connectivity index (χ4v) is 3.07. The van der Waals surface area contributed by atoms with Crippen LogP contribution in [0.15, 0.2) is 30.3 Å². The molecule has 0 saturated heterocycles. The topological polar surface area (TPSA) is 27.7 Å². The van der Waals surface area contributed by atoms with Crippen molar-refractivity contribution in [3.8, 4) is 11.5 Å². The van der Waals surface area contributed by atoms with Crippen molar-refractivity contribution in [3.05, 3.63) is 58.1 Å². The van der Waals surface area contributed by atoms with Crippen LogP contribution in [0.3, 0.4) is 0 Å². The second-order valence-electron chi connectivity index (χ2n) is 6.65. The van der Waals surface area contributed by atoms with Crippen LogP contribution >= 0.6 is 12.2 Å². The molecule has 0 aliphatic heterocycles. The maximum atomic E-state index is 6.17. The third-order valence-corrected chi connectivity index (χ3v) is 4.96. The Hall–Kier alpha value is -2.07. The van der Waals surface area contributed by atoms with Gasteiger partial charge in [-0.05, 0) is 73.9 Å². The summed E-state index contributed by atoms with van der Waals surface area (Å²) in [5.41, 5.74) is 5.99. The maximum Gasteiger partial charge on any atom is 0.357 e. The van der Waals surface area contributed by atoms with E-state index in [1.165, 1.54) is 36.6 Å². The molecule has 2 aromatic carbocycles. The van der Waals surface area contributed by atoms with Crippen LogP contribution in [0, 0.1) is 20.8 Å². The third kappa shape index (κ3) is 4.13. The van der Waals surface area contributed by atoms with Crippen LogP contribution in [0.1, 0.15) is 46.6 Å². The summed E-state index contributed by atoms with van der Waals surface area (Å²) >= 11 is 5.07. The van der Waals surface area contributed by atoms with Gasteiger partial charge in [-0.1, -0.05) is 18.2 Å². The number of hydrogen-bond acceptors (Lipinski definition) is 4. The molecule has 0 N–H and O–H groups in total. The number of rotatable bonds is 5. The highest BCUT2D eigenvalue weighted by Gasteiger charge is 2.28. The van der Waals surface area contributed by atoms with Gasteiger partial charge in [-0.25, -0.2) is 0 Å². The van der Waals surface area contributed by atoms with Gasteiger partial charge in [-0.15, -0.1) is 0 Å². The van der Waals surface area contributed by atoms with Gasteiger partial charge in [0.2, 0.25) is 0 Å². The van der Waals surface area contributed by atoms with Crippen molar-refractivity contribution in [2.24, 2.45) is 0 Å². The van der Waals surface area contributed by atoms with Gasteiger partial charge >= 0.3 is 5.24 Å². The minimum atomic E-state index is 0.122. The zero-order chi connectivity index (χ0) is 18.0. The van der Waals surface area contributed by atoms with Crippen LogP contribution in [-0.4, -0.2) is 12.3 Å². The maximum absolute atomic E-state index is 6.17. The molecule has 1 saturated carbocycles. The van der Waals surface area contributed by atoms with Gasteiger partial charge in [-0.2, -0.15) is 0 Å². The monoisotopic (exact) mass is 356 g/mol. The first kappa shape index (κ1) is 17.7. The molecule has 2 aromatic rings. The summed E-state index contributed by atoms with van der Waals surface area (Å²) in [6.07, 6.45) is 2.43. The van der Waals surface area contributed by atoms with E-state index >= 15 is 0 Å². The van der Waals surface area contributed by atoms with E-state index in [1.54, 1.807) is 0 Å². The van der Waals surface area contributed by atoms with E-state index in [4.69, 9.17) is 26.4 Å². The fourth-order valence-electron chi connectivity index (χ4n) is 2.98. The third-order valence-electron chi connectivity index (χ3n) is 4.71. The summed E-state index contributed by atoms with van der Waals surface area (Å²) in [6.45, 7) is 6.75. The number of hydrogen-bond donors (Lipinski definition) is 0. The molecule has 0 radical (unpaired) electrons. The highest BCUT2D eigenvalue weighted by atomic mass is 32.1. The summed E-state index contributed by atoms with van der Waals surface area (Å²) in [4.78, 5) is 0. The first-order valence-electron chi connectivity index (χ1n) is 8.57. The normalized spacial score (nSPS) is 13.4. The predicted octanol–water partition coefficient (Wildman–Crippen LogP) is 5.38. The number of aryl methyl sites for hydroxylation is 3. The van der Waals surface area contributed by atoms with E-state index in [-0.39, 0.29) is 5.24 Å². The highest BCUT2D eigenvalue weighted by Crippen LogP contribution is 2.44. The summed E-state index contributed by atoms with van der Waals surface area (Å²) in [6, 6.07) is 10.3. The fraction of sp³-hybridized carbons (Fsp3) is 0.381. The Bertz CT molecular complexity index is 794. The first-order chi connectivity index (χ1) is 12.0. The van der Waals surface area contributed by atoms with Crippen molar-refractivity contribution >= 4 is 17.5 Å². The van der Waals surface area contributed by atoms with Gasteiger partial charge in [0.15, 0.2) is 0 Å². The van der Waals surface area contributed by atoms with Crippen molar-refractivity contribution in [1.29, 1.82) is 0 Å². The molecule has 1 fully saturated rings. The van der Waals surface area contributed by atoms with E-state index in [0.717, 1.165) is 22.6 Å². The lowest BCUT2D eigenvalue weighted by Crippen LogP contribution is -2.11. The molecule has 0 amide bonds. The molecule has 25 heavy (non-hydrogen) atoms. The van der Waals surface area contributed by atoms with Crippen LogP contribution in [0.4, 0.5) is 0 Å². The van der Waals surface area contributed by atoms with Crippen molar-refractivity contribution in [2.45, 2.75) is 46.1 Å². The van der Waals surface area contributed by atoms with Crippen LogP contribution in [0.5, 0.6) is 11.5 Å². The Morgan fingerprint density at radius 1 is 1.04 bits per heavy atom. The van der Waals surface area contributed by atoms with E-state index in [1.807, 2.05) is 12.1 Å². The summed E-state index contributed by atoms with van der Waals surface area (Å²) < 4.78 is 16.9. The number of ether oxygens (including phenoxy) is 3. The molecule has 3 nitrogen and oxygen atoms in total. The molecule has 1 aliphatic carbocycles. The standard InChI is InChI=1S/C21H24O3S/c1-13-10-15(3)20(11-14(13)2)23-12-18-17(16-8-9-16)6-5-7-19(18)24-21(25)22-4/h5-7,10-11,16H,8-9,12H2,1-4H3. The molecule has 0 bridgehead atoms. The molecular weight excluding hydrogens is 332 g/mol. The van der Waals surface area contributed by atoms with Crippen LogP contribution < -0.4 is 9.47 Å². The minimum Gasteiger partial charge on any atom is -0.488 e. The molecule has 0 heterocycles. The van der Waals surface area contributed by atoms with Crippen molar-refractivity contribution < 1.29 is 14.2 Å². The zero-order valence-corrected chi connectivity index (χ0v) is 16.0. The smallest absolute Gasteiger partial charge is 0.357 e. The molecule has 4 heteroatoms. The molecule has 0 atom stereocenters. The molecule has 3 rings (SSSR count). The molecular formula is C21H24O3S. The summed E-state index contributed by atoms with van der Waals surface area (Å²) in [5, 5.41) is 0.122. The lowest BCUT2D eigenvalue weighted by Gasteiger charge is -2.17. The van der Waals surface area contributed by atoms with E-state index in [2.05, 4.69) is 39.0 Å². The quantitative estimate of drug-likeness (QED) is 0.672. The van der Waals surface area contributed by atoms with Gasteiger partial charge < -0.3 is 14.2 Å². The SMILES string of the molecule is COC(=S)Oc1cccc(C2CC2)c1COc1cc(C)c(C)cc1C. The Kier molecular flexibility index (Phi) is 5.28. The Morgan fingerprint density at radius 3 is 2.44 bits per heavy atom. The average molecular weight is 356 g/mol. The minimum absolute atomic E-state index is 0.122. The molecule has 0 aromatic heterocycles. The predicted molar refractivity (Wildman–Crippen MR) is 104 cm³/mol. The Labute approximate surface area is 154 Å². The molecule has 0 unspecified atom stereocenters. The lowest BCUT2D eigenvalue weighted by molar-refractivity contribution is 0.287. The number of methoxy groups -OCH3 is 1. The van der Waals surface area contributed by atoms with Gasteiger partial charge in [0.25, 0.3) is 0 Å². The Morgan fingerprint density at radius 2 is 1.76 bits per heavy atom. The number of thiocarbonyl (C=S) groups is 1. The van der Waals surface area contributed by atoms with E-state index < -0.39 is 0 Å². The molecule has 132 valence electrons. The summed E-state index contributed by atoms with van der Waals surface area (Å²) in [7, 11) is 1.52. The van der Waals surface area contributed by atoms with Gasteiger partial charge in [-0.3, -0.25) is 0 Å². The van der Waals surface area contributed by atoms with Gasteiger partial charge in [0.1, 0.15) is 18.1 Å². The largest absolute Gasteiger partial charge is 0.488 e. The van der Waals surface area contributed by atoms with Crippen LogP contribution in [-0.2, 0) is 11.3 Å². The van der Waals surface area contributed by atoms with Crippen molar-refractivity contribution in [2.75, 3.05) is 7.11 Å². The van der Waals surface area contributed by atoms with Gasteiger partial charge in [0, 0.05) is 17.8 Å². The molecule has 1 aliphatic rings. The second-order valence-corrected chi connectivity index (χ2v) is 6.98. The lowest BCUT2D eigenvalue weighted by atomic mass is 10.0. The van der Waals surface area contributed by atoms with Crippen LogP contribution in [0.25, 0.3) is 0 Å². The second kappa shape index (κ2) is 7.44.